The van der Waals surface area contributed by atoms with E-state index < -0.39 is 11.3 Å². The zero-order valence-corrected chi connectivity index (χ0v) is 20.1. The number of carbonyl (C=O) groups is 2. The highest BCUT2D eigenvalue weighted by atomic mass is 16.5. The quantitative estimate of drug-likeness (QED) is 0.661. The van der Waals surface area contributed by atoms with Gasteiger partial charge in [-0.3, -0.25) is 14.4 Å². The van der Waals surface area contributed by atoms with Crippen molar-refractivity contribution >= 4 is 11.8 Å². The van der Waals surface area contributed by atoms with Crippen molar-refractivity contribution in [1.29, 1.82) is 0 Å². The van der Waals surface area contributed by atoms with Gasteiger partial charge in [-0.05, 0) is 49.3 Å². The number of pyridine rings is 1. The van der Waals surface area contributed by atoms with Crippen LogP contribution in [-0.4, -0.2) is 47.5 Å². The van der Waals surface area contributed by atoms with Gasteiger partial charge < -0.3 is 19.5 Å². The molecule has 0 spiro atoms. The summed E-state index contributed by atoms with van der Waals surface area (Å²) in [6, 6.07) is 7.71. The summed E-state index contributed by atoms with van der Waals surface area (Å²) >= 11 is 0. The third-order valence-corrected chi connectivity index (χ3v) is 6.08. The molecule has 1 aliphatic heterocycles. The Labute approximate surface area is 195 Å². The van der Waals surface area contributed by atoms with E-state index in [0.29, 0.717) is 19.6 Å². The average molecular weight is 454 g/mol. The number of rotatable bonds is 8. The maximum atomic E-state index is 13.5. The van der Waals surface area contributed by atoms with Crippen LogP contribution >= 0.6 is 0 Å². The molecule has 7 nitrogen and oxygen atoms in total. The number of likely N-dealkylation sites (tertiary alicyclic amines) is 1. The van der Waals surface area contributed by atoms with E-state index in [0.717, 1.165) is 37.0 Å². The van der Waals surface area contributed by atoms with Gasteiger partial charge in [0.2, 0.25) is 5.43 Å². The van der Waals surface area contributed by atoms with E-state index in [-0.39, 0.29) is 29.0 Å². The number of benzene rings is 1. The molecule has 0 aliphatic carbocycles. The lowest BCUT2D eigenvalue weighted by molar-refractivity contribution is 0.0605. The first-order chi connectivity index (χ1) is 15.8. The van der Waals surface area contributed by atoms with Crippen LogP contribution in [0.15, 0.2) is 41.5 Å². The van der Waals surface area contributed by atoms with E-state index >= 15 is 0 Å². The zero-order chi connectivity index (χ0) is 24.0. The molecule has 1 N–H and O–H groups in total. The Hall–Kier alpha value is -3.09. The summed E-state index contributed by atoms with van der Waals surface area (Å²) in [5, 5.41) is 2.82. The minimum absolute atomic E-state index is 0.00514. The molecule has 33 heavy (non-hydrogen) atoms. The maximum absolute atomic E-state index is 13.5. The Bertz CT molecular complexity index is 1040. The third kappa shape index (κ3) is 6.03. The molecule has 2 amide bonds. The summed E-state index contributed by atoms with van der Waals surface area (Å²) in [5.41, 5.74) is 0.475. The van der Waals surface area contributed by atoms with E-state index in [1.807, 2.05) is 43.0 Å². The van der Waals surface area contributed by atoms with Crippen LogP contribution in [0.4, 0.5) is 0 Å². The van der Waals surface area contributed by atoms with Gasteiger partial charge >= 0.3 is 0 Å². The highest BCUT2D eigenvalue weighted by Gasteiger charge is 2.29. The SMILES string of the molecule is CCC1CCCCN1C(=O)c1cn(Cc2cccc(OC)c2)cc(C(=O)NCC(C)C)c1=O. The number of hydrogen-bond acceptors (Lipinski definition) is 4. The zero-order valence-electron chi connectivity index (χ0n) is 20.1. The van der Waals surface area contributed by atoms with E-state index in [4.69, 9.17) is 4.74 Å². The summed E-state index contributed by atoms with van der Waals surface area (Å²) < 4.78 is 7.06. The van der Waals surface area contributed by atoms with Crippen LogP contribution in [0.2, 0.25) is 0 Å². The average Bonchev–Trinajstić information content (AvgIpc) is 2.83. The lowest BCUT2D eigenvalue weighted by Crippen LogP contribution is -2.45. The molecule has 1 aromatic carbocycles. The Morgan fingerprint density at radius 2 is 1.94 bits per heavy atom. The van der Waals surface area contributed by atoms with E-state index in [9.17, 15) is 14.4 Å². The van der Waals surface area contributed by atoms with Gasteiger partial charge in [-0.1, -0.05) is 32.9 Å². The van der Waals surface area contributed by atoms with Crippen molar-refractivity contribution < 1.29 is 14.3 Å². The minimum Gasteiger partial charge on any atom is -0.497 e. The van der Waals surface area contributed by atoms with Crippen molar-refractivity contribution in [2.75, 3.05) is 20.2 Å². The van der Waals surface area contributed by atoms with Crippen molar-refractivity contribution in [1.82, 2.24) is 14.8 Å². The first kappa shape index (κ1) is 24.6. The third-order valence-electron chi connectivity index (χ3n) is 6.08. The van der Waals surface area contributed by atoms with E-state index in [2.05, 4.69) is 12.2 Å². The fourth-order valence-electron chi connectivity index (χ4n) is 4.26. The predicted molar refractivity (Wildman–Crippen MR) is 129 cm³/mol. The van der Waals surface area contributed by atoms with Gasteiger partial charge in [0.1, 0.15) is 16.9 Å². The summed E-state index contributed by atoms with van der Waals surface area (Å²) in [4.78, 5) is 41.5. The first-order valence-electron chi connectivity index (χ1n) is 11.8. The fourth-order valence-corrected chi connectivity index (χ4v) is 4.26. The molecule has 1 atom stereocenters. The van der Waals surface area contributed by atoms with Crippen molar-refractivity contribution in [3.63, 3.8) is 0 Å². The van der Waals surface area contributed by atoms with Gasteiger partial charge in [0, 0.05) is 38.1 Å². The largest absolute Gasteiger partial charge is 0.497 e. The topological polar surface area (TPSA) is 80.6 Å². The number of aromatic nitrogens is 1. The Morgan fingerprint density at radius 3 is 2.64 bits per heavy atom. The Kier molecular flexibility index (Phi) is 8.31. The summed E-state index contributed by atoms with van der Waals surface area (Å²) in [6.07, 6.45) is 6.92. The summed E-state index contributed by atoms with van der Waals surface area (Å²) in [6.45, 7) is 7.53. The predicted octanol–water partition coefficient (Wildman–Crippen LogP) is 3.70. The van der Waals surface area contributed by atoms with Gasteiger partial charge in [0.25, 0.3) is 11.8 Å². The molecule has 1 aliphatic rings. The van der Waals surface area contributed by atoms with Crippen LogP contribution in [0, 0.1) is 5.92 Å². The number of carbonyl (C=O) groups excluding carboxylic acids is 2. The van der Waals surface area contributed by atoms with Crippen molar-refractivity contribution in [3.05, 3.63) is 63.6 Å². The summed E-state index contributed by atoms with van der Waals surface area (Å²) in [5.74, 6) is 0.230. The Balaban J connectivity index is 2.02. The molecule has 1 aromatic heterocycles. The van der Waals surface area contributed by atoms with Crippen LogP contribution in [0.5, 0.6) is 5.75 Å². The molecule has 1 saturated heterocycles. The molecule has 0 radical (unpaired) electrons. The van der Waals surface area contributed by atoms with Crippen LogP contribution in [0.3, 0.4) is 0 Å². The smallest absolute Gasteiger partial charge is 0.259 e. The fraction of sp³-hybridized carbons (Fsp3) is 0.500. The second-order valence-corrected chi connectivity index (χ2v) is 9.10. The number of nitrogens with zero attached hydrogens (tertiary/aromatic N) is 2. The lowest BCUT2D eigenvalue weighted by Gasteiger charge is -2.35. The number of amides is 2. The first-order valence-corrected chi connectivity index (χ1v) is 11.8. The number of ether oxygens (including phenoxy) is 1. The van der Waals surface area contributed by atoms with Crippen molar-refractivity contribution in [2.24, 2.45) is 5.92 Å². The molecule has 2 aromatic rings. The van der Waals surface area contributed by atoms with Gasteiger partial charge in [0.15, 0.2) is 0 Å². The second-order valence-electron chi connectivity index (χ2n) is 9.10. The molecule has 2 heterocycles. The molecule has 0 bridgehead atoms. The molecule has 0 saturated carbocycles. The van der Waals surface area contributed by atoms with Gasteiger partial charge in [-0.25, -0.2) is 0 Å². The van der Waals surface area contributed by atoms with Gasteiger partial charge in [-0.15, -0.1) is 0 Å². The van der Waals surface area contributed by atoms with Gasteiger partial charge in [-0.2, -0.15) is 0 Å². The van der Waals surface area contributed by atoms with Crippen molar-refractivity contribution in [2.45, 2.75) is 59.0 Å². The highest BCUT2D eigenvalue weighted by molar-refractivity contribution is 5.99. The minimum atomic E-state index is -0.511. The number of nitrogens with one attached hydrogen (secondary N) is 1. The molecule has 178 valence electrons. The molecule has 1 unspecified atom stereocenters. The van der Waals surface area contributed by atoms with Crippen LogP contribution in [0.25, 0.3) is 0 Å². The number of methoxy groups -OCH3 is 1. The van der Waals surface area contributed by atoms with Gasteiger partial charge in [0.05, 0.1) is 7.11 Å². The van der Waals surface area contributed by atoms with E-state index in [1.54, 1.807) is 24.1 Å². The van der Waals surface area contributed by atoms with Crippen LogP contribution < -0.4 is 15.5 Å². The number of hydrogen-bond donors (Lipinski definition) is 1. The maximum Gasteiger partial charge on any atom is 0.259 e. The number of piperidine rings is 1. The molecule has 3 rings (SSSR count). The second kappa shape index (κ2) is 11.2. The summed E-state index contributed by atoms with van der Waals surface area (Å²) in [7, 11) is 1.61. The monoisotopic (exact) mass is 453 g/mol. The van der Waals surface area contributed by atoms with E-state index in [1.165, 1.54) is 0 Å². The van der Waals surface area contributed by atoms with Crippen LogP contribution in [-0.2, 0) is 6.54 Å². The molecule has 7 heteroatoms. The standard InChI is InChI=1S/C26H35N3O4/c1-5-20-10-6-7-12-29(20)26(32)23-17-28(15-19-9-8-11-21(13-19)33-4)16-22(24(23)30)25(31)27-14-18(2)3/h8-9,11,13,16-18,20H,5-7,10,12,14-15H2,1-4H3,(H,27,31). The van der Waals surface area contributed by atoms with Crippen LogP contribution in [0.1, 0.15) is 72.7 Å². The lowest BCUT2D eigenvalue weighted by atomic mass is 9.98. The van der Waals surface area contributed by atoms with Crippen molar-refractivity contribution in [3.8, 4) is 5.75 Å². The Morgan fingerprint density at radius 1 is 1.18 bits per heavy atom. The molecule has 1 fully saturated rings. The normalized spacial score (nSPS) is 16.0. The molecular formula is C26H35N3O4. The highest BCUT2D eigenvalue weighted by Crippen LogP contribution is 2.21. The molecular weight excluding hydrogens is 418 g/mol.